The largest absolute Gasteiger partial charge is 0.379 e. The number of ether oxygens (including phenoxy) is 2. The number of guanidine groups is 1. The van der Waals surface area contributed by atoms with Gasteiger partial charge in [0.15, 0.2) is 5.96 Å². The molecule has 2 aromatic rings. The number of rotatable bonds is 12. The normalized spacial score (nSPS) is 16.7. The van der Waals surface area contributed by atoms with Gasteiger partial charge in [0, 0.05) is 58.2 Å². The summed E-state index contributed by atoms with van der Waals surface area (Å²) in [5.41, 5.74) is 1.28. The van der Waals surface area contributed by atoms with Crippen molar-refractivity contribution in [2.45, 2.75) is 45.3 Å². The van der Waals surface area contributed by atoms with Crippen LogP contribution in [-0.4, -0.2) is 61.1 Å². The third-order valence-electron chi connectivity index (χ3n) is 5.03. The molecule has 0 saturated carbocycles. The highest BCUT2D eigenvalue weighted by molar-refractivity contribution is 5.79. The van der Waals surface area contributed by atoms with E-state index in [2.05, 4.69) is 56.4 Å². The predicted molar refractivity (Wildman–Crippen MR) is 120 cm³/mol. The first-order valence-corrected chi connectivity index (χ1v) is 11.1. The number of imidazole rings is 1. The van der Waals surface area contributed by atoms with Gasteiger partial charge in [-0.3, -0.25) is 4.99 Å². The summed E-state index contributed by atoms with van der Waals surface area (Å²) in [7, 11) is 0. The molecule has 1 saturated heterocycles. The summed E-state index contributed by atoms with van der Waals surface area (Å²) >= 11 is 0. The Morgan fingerprint density at radius 3 is 3.00 bits per heavy atom. The summed E-state index contributed by atoms with van der Waals surface area (Å²) in [5, 5.41) is 6.71. The van der Waals surface area contributed by atoms with Gasteiger partial charge in [-0.1, -0.05) is 30.3 Å². The Labute approximate surface area is 179 Å². The van der Waals surface area contributed by atoms with Gasteiger partial charge < -0.3 is 24.7 Å². The molecule has 1 fully saturated rings. The van der Waals surface area contributed by atoms with E-state index in [1.54, 1.807) is 0 Å². The van der Waals surface area contributed by atoms with E-state index < -0.39 is 0 Å². The first kappa shape index (κ1) is 22.3. The van der Waals surface area contributed by atoms with E-state index in [1.807, 2.05) is 18.5 Å². The lowest BCUT2D eigenvalue weighted by Gasteiger charge is -2.13. The van der Waals surface area contributed by atoms with Gasteiger partial charge in [-0.15, -0.1) is 0 Å². The second kappa shape index (κ2) is 13.0. The Balaban J connectivity index is 1.36. The highest BCUT2D eigenvalue weighted by Gasteiger charge is 2.14. The number of hydrogen-bond donors (Lipinski definition) is 2. The number of benzene rings is 1. The van der Waals surface area contributed by atoms with Gasteiger partial charge >= 0.3 is 0 Å². The van der Waals surface area contributed by atoms with E-state index >= 15 is 0 Å². The lowest BCUT2D eigenvalue weighted by atomic mass is 10.2. The third-order valence-corrected chi connectivity index (χ3v) is 5.03. The van der Waals surface area contributed by atoms with Gasteiger partial charge in [0.2, 0.25) is 0 Å². The molecule has 30 heavy (non-hydrogen) atoms. The van der Waals surface area contributed by atoms with Gasteiger partial charge in [-0.05, 0) is 31.7 Å². The standard InChI is InChI=1S/C23H35N5O2/c1-2-24-23(26-12-7-16-29-19-21-10-6-17-30-21)27-13-11-22-25-14-15-28(22)18-20-8-4-3-5-9-20/h3-5,8-9,14-15,21H,2,6-7,10-13,16-19H2,1H3,(H2,24,26,27). The van der Waals surface area contributed by atoms with Gasteiger partial charge in [-0.2, -0.15) is 0 Å². The maximum atomic E-state index is 5.71. The molecule has 2 N–H and O–H groups in total. The maximum absolute atomic E-state index is 5.71. The second-order valence-corrected chi connectivity index (χ2v) is 7.46. The van der Waals surface area contributed by atoms with Crippen molar-refractivity contribution in [2.24, 2.45) is 4.99 Å². The zero-order valence-corrected chi connectivity index (χ0v) is 18.1. The van der Waals surface area contributed by atoms with E-state index in [0.29, 0.717) is 12.7 Å². The van der Waals surface area contributed by atoms with Crippen molar-refractivity contribution in [3.63, 3.8) is 0 Å². The molecular formula is C23H35N5O2. The SMILES string of the molecule is CCNC(=NCCCOCC1CCCO1)NCCc1nccn1Cc1ccccc1. The zero-order valence-electron chi connectivity index (χ0n) is 18.1. The van der Waals surface area contributed by atoms with Crippen molar-refractivity contribution in [1.82, 2.24) is 20.2 Å². The quantitative estimate of drug-likeness (QED) is 0.318. The Hall–Kier alpha value is -2.38. The highest BCUT2D eigenvalue weighted by Crippen LogP contribution is 2.11. The molecular weight excluding hydrogens is 378 g/mol. The van der Waals surface area contributed by atoms with Crippen molar-refractivity contribution in [1.29, 1.82) is 0 Å². The number of nitrogens with zero attached hydrogens (tertiary/aromatic N) is 3. The molecule has 1 unspecified atom stereocenters. The number of aliphatic imine (C=N–C) groups is 1. The Morgan fingerprint density at radius 1 is 1.30 bits per heavy atom. The second-order valence-electron chi connectivity index (χ2n) is 7.46. The molecule has 1 atom stereocenters. The number of hydrogen-bond acceptors (Lipinski definition) is 4. The van der Waals surface area contributed by atoms with Crippen molar-refractivity contribution in [3.8, 4) is 0 Å². The lowest BCUT2D eigenvalue weighted by molar-refractivity contribution is 0.0171. The highest BCUT2D eigenvalue weighted by atomic mass is 16.5. The summed E-state index contributed by atoms with van der Waals surface area (Å²) in [5.74, 6) is 1.92. The van der Waals surface area contributed by atoms with Crippen LogP contribution in [0.15, 0.2) is 47.7 Å². The molecule has 2 heterocycles. The molecule has 1 aliphatic rings. The van der Waals surface area contributed by atoms with Gasteiger partial charge in [0.1, 0.15) is 5.82 Å². The lowest BCUT2D eigenvalue weighted by Crippen LogP contribution is -2.38. The predicted octanol–water partition coefficient (Wildman–Crippen LogP) is 2.61. The molecule has 0 radical (unpaired) electrons. The van der Waals surface area contributed by atoms with Crippen LogP contribution in [0.1, 0.15) is 37.6 Å². The van der Waals surface area contributed by atoms with Gasteiger partial charge in [0.05, 0.1) is 12.7 Å². The average molecular weight is 414 g/mol. The molecule has 7 nitrogen and oxygen atoms in total. The summed E-state index contributed by atoms with van der Waals surface area (Å²) in [6, 6.07) is 10.5. The maximum Gasteiger partial charge on any atom is 0.191 e. The fraction of sp³-hybridized carbons (Fsp3) is 0.565. The van der Waals surface area contributed by atoms with Crippen LogP contribution in [0.25, 0.3) is 0 Å². The van der Waals surface area contributed by atoms with Crippen LogP contribution in [0.4, 0.5) is 0 Å². The van der Waals surface area contributed by atoms with Crippen LogP contribution in [-0.2, 0) is 22.4 Å². The molecule has 0 amide bonds. The first-order valence-electron chi connectivity index (χ1n) is 11.1. The first-order chi connectivity index (χ1) is 14.8. The van der Waals surface area contributed by atoms with Gasteiger partial charge in [0.25, 0.3) is 0 Å². The van der Waals surface area contributed by atoms with Crippen LogP contribution in [0.2, 0.25) is 0 Å². The molecule has 3 rings (SSSR count). The summed E-state index contributed by atoms with van der Waals surface area (Å²) < 4.78 is 13.5. The summed E-state index contributed by atoms with van der Waals surface area (Å²) in [6.07, 6.45) is 8.23. The minimum atomic E-state index is 0.293. The van der Waals surface area contributed by atoms with Crippen LogP contribution in [0.3, 0.4) is 0 Å². The molecule has 1 aromatic heterocycles. The van der Waals surface area contributed by atoms with Crippen LogP contribution in [0, 0.1) is 0 Å². The van der Waals surface area contributed by atoms with E-state index in [0.717, 1.165) is 76.9 Å². The smallest absolute Gasteiger partial charge is 0.191 e. The fourth-order valence-corrected chi connectivity index (χ4v) is 3.47. The molecule has 1 aliphatic heterocycles. The minimum Gasteiger partial charge on any atom is -0.379 e. The number of aromatic nitrogens is 2. The number of nitrogens with one attached hydrogen (secondary N) is 2. The molecule has 7 heteroatoms. The van der Waals surface area contributed by atoms with Crippen molar-refractivity contribution >= 4 is 5.96 Å². The third kappa shape index (κ3) is 7.80. The zero-order chi connectivity index (χ0) is 20.9. The molecule has 1 aromatic carbocycles. The van der Waals surface area contributed by atoms with Crippen LogP contribution in [0.5, 0.6) is 0 Å². The fourth-order valence-electron chi connectivity index (χ4n) is 3.47. The Morgan fingerprint density at radius 2 is 2.20 bits per heavy atom. The summed E-state index contributed by atoms with van der Waals surface area (Å²) in [4.78, 5) is 9.17. The van der Waals surface area contributed by atoms with E-state index in [1.165, 1.54) is 5.56 Å². The van der Waals surface area contributed by atoms with Crippen LogP contribution < -0.4 is 10.6 Å². The van der Waals surface area contributed by atoms with Gasteiger partial charge in [-0.25, -0.2) is 4.98 Å². The Kier molecular flexibility index (Phi) is 9.69. The molecule has 0 spiro atoms. The average Bonchev–Trinajstić information content (AvgIpc) is 3.44. The Bertz CT molecular complexity index is 741. The topological polar surface area (TPSA) is 72.7 Å². The van der Waals surface area contributed by atoms with Crippen LogP contribution >= 0.6 is 0 Å². The van der Waals surface area contributed by atoms with Crippen molar-refractivity contribution < 1.29 is 9.47 Å². The molecule has 0 aliphatic carbocycles. The van der Waals surface area contributed by atoms with E-state index in [9.17, 15) is 0 Å². The van der Waals surface area contributed by atoms with E-state index in [-0.39, 0.29) is 0 Å². The van der Waals surface area contributed by atoms with E-state index in [4.69, 9.17) is 9.47 Å². The monoisotopic (exact) mass is 413 g/mol. The van der Waals surface area contributed by atoms with Crippen molar-refractivity contribution in [3.05, 3.63) is 54.1 Å². The molecule has 164 valence electrons. The molecule has 0 bridgehead atoms. The van der Waals surface area contributed by atoms with Crippen molar-refractivity contribution in [2.75, 3.05) is 39.5 Å². The minimum absolute atomic E-state index is 0.293. The summed E-state index contributed by atoms with van der Waals surface area (Å²) in [6.45, 7) is 7.59.